The zero-order chi connectivity index (χ0) is 14.5. The van der Waals surface area contributed by atoms with Gasteiger partial charge in [-0.1, -0.05) is 28.1 Å². The number of alkyl halides is 3. The molecule has 1 aromatic carbocycles. The molecule has 8 heteroatoms. The summed E-state index contributed by atoms with van der Waals surface area (Å²) in [6.45, 7) is 3.74. The molecule has 0 saturated heterocycles. The minimum atomic E-state index is -4.42. The summed E-state index contributed by atoms with van der Waals surface area (Å²) < 4.78 is 38.8. The van der Waals surface area contributed by atoms with Crippen molar-refractivity contribution in [3.05, 3.63) is 46.5 Å². The average molecular weight is 464 g/mol. The first-order chi connectivity index (χ1) is 8.84. The molecule has 0 aliphatic heterocycles. The molecule has 0 radical (unpaired) electrons. The first-order valence-electron chi connectivity index (χ1n) is 5.35. The van der Waals surface area contributed by atoms with E-state index in [2.05, 4.69) is 32.8 Å². The van der Waals surface area contributed by atoms with Gasteiger partial charge in [-0.05, 0) is 17.7 Å². The summed E-state index contributed by atoms with van der Waals surface area (Å²) in [4.78, 5) is 3.86. The Hall–Kier alpha value is -0.770. The van der Waals surface area contributed by atoms with Crippen LogP contribution in [0.4, 0.5) is 13.2 Å². The topological polar surface area (TPSA) is 50.4 Å². The predicted octanol–water partition coefficient (Wildman–Crippen LogP) is 3.68. The quantitative estimate of drug-likeness (QED) is 0.310. The van der Waals surface area contributed by atoms with Gasteiger partial charge in [-0.2, -0.15) is 13.2 Å². The standard InChI is InChI=1S/C12H13BrF3N3.HI/c1-2-5-18-11(17)19-7-8-3-4-9(13)6-10(8)12(14,15)16;/h2-4,6H,1,5,7H2,(H3,17,18,19);1H. The fraction of sp³-hybridized carbons (Fsp3) is 0.250. The van der Waals surface area contributed by atoms with Crippen LogP contribution >= 0.6 is 39.9 Å². The number of aliphatic imine (C=N–C) groups is 1. The summed E-state index contributed by atoms with van der Waals surface area (Å²) in [7, 11) is 0. The Morgan fingerprint density at radius 3 is 2.65 bits per heavy atom. The Bertz CT molecular complexity index is 489. The van der Waals surface area contributed by atoms with Crippen LogP contribution in [0, 0.1) is 0 Å². The summed E-state index contributed by atoms with van der Waals surface area (Å²) in [6.07, 6.45) is -2.85. The third-order valence-corrected chi connectivity index (χ3v) is 2.72. The second kappa shape index (κ2) is 8.50. The maximum absolute atomic E-state index is 12.8. The monoisotopic (exact) mass is 463 g/mol. The molecule has 0 unspecified atom stereocenters. The molecule has 0 spiro atoms. The smallest absolute Gasteiger partial charge is 0.370 e. The molecule has 0 bridgehead atoms. The number of benzene rings is 1. The van der Waals surface area contributed by atoms with E-state index in [1.165, 1.54) is 12.1 Å². The second-order valence-corrected chi connectivity index (χ2v) is 4.59. The summed E-state index contributed by atoms with van der Waals surface area (Å²) in [5.74, 6) is 0.0796. The van der Waals surface area contributed by atoms with Gasteiger partial charge in [-0.15, -0.1) is 30.6 Å². The van der Waals surface area contributed by atoms with Crippen LogP contribution in [-0.2, 0) is 12.7 Å². The molecular weight excluding hydrogens is 450 g/mol. The number of halogens is 5. The van der Waals surface area contributed by atoms with E-state index < -0.39 is 11.7 Å². The van der Waals surface area contributed by atoms with E-state index in [9.17, 15) is 13.2 Å². The molecule has 1 rings (SSSR count). The van der Waals surface area contributed by atoms with E-state index in [4.69, 9.17) is 5.73 Å². The first kappa shape index (κ1) is 19.2. The number of rotatable bonds is 4. The van der Waals surface area contributed by atoms with Gasteiger partial charge in [0.25, 0.3) is 0 Å². The lowest BCUT2D eigenvalue weighted by Crippen LogP contribution is -2.31. The van der Waals surface area contributed by atoms with Gasteiger partial charge < -0.3 is 11.1 Å². The van der Waals surface area contributed by atoms with Crippen LogP contribution < -0.4 is 11.1 Å². The fourth-order valence-electron chi connectivity index (χ4n) is 1.35. The van der Waals surface area contributed by atoms with Gasteiger partial charge in [0.2, 0.25) is 0 Å². The van der Waals surface area contributed by atoms with Crippen molar-refractivity contribution in [2.45, 2.75) is 12.7 Å². The number of nitrogens with one attached hydrogen (secondary N) is 1. The van der Waals surface area contributed by atoms with E-state index >= 15 is 0 Å². The predicted molar refractivity (Wildman–Crippen MR) is 88.1 cm³/mol. The molecule has 1 aromatic rings. The molecule has 0 aliphatic carbocycles. The molecule has 0 saturated carbocycles. The number of guanidine groups is 1. The highest BCUT2D eigenvalue weighted by Crippen LogP contribution is 2.34. The van der Waals surface area contributed by atoms with Gasteiger partial charge >= 0.3 is 6.18 Å². The summed E-state index contributed by atoms with van der Waals surface area (Å²) >= 11 is 3.02. The van der Waals surface area contributed by atoms with Gasteiger partial charge in [-0.25, -0.2) is 4.99 Å². The molecule has 20 heavy (non-hydrogen) atoms. The van der Waals surface area contributed by atoms with Crippen molar-refractivity contribution in [2.75, 3.05) is 6.54 Å². The van der Waals surface area contributed by atoms with Crippen LogP contribution in [0.15, 0.2) is 40.3 Å². The third kappa shape index (κ3) is 6.12. The highest BCUT2D eigenvalue weighted by molar-refractivity contribution is 14.0. The van der Waals surface area contributed by atoms with Gasteiger partial charge in [-0.3, -0.25) is 0 Å². The van der Waals surface area contributed by atoms with E-state index in [-0.39, 0.29) is 42.0 Å². The Balaban J connectivity index is 0.00000361. The van der Waals surface area contributed by atoms with E-state index in [1.54, 1.807) is 6.08 Å². The second-order valence-electron chi connectivity index (χ2n) is 3.67. The van der Waals surface area contributed by atoms with Crippen molar-refractivity contribution >= 4 is 45.9 Å². The number of hydrogen-bond donors (Lipinski definition) is 2. The Morgan fingerprint density at radius 2 is 2.10 bits per heavy atom. The van der Waals surface area contributed by atoms with Crippen LogP contribution in [0.3, 0.4) is 0 Å². The van der Waals surface area contributed by atoms with Crippen LogP contribution in [0.1, 0.15) is 11.1 Å². The largest absolute Gasteiger partial charge is 0.416 e. The normalized spacial score (nSPS) is 11.7. The van der Waals surface area contributed by atoms with Crippen LogP contribution in [0.2, 0.25) is 0 Å². The maximum Gasteiger partial charge on any atom is 0.416 e. The Morgan fingerprint density at radius 1 is 1.45 bits per heavy atom. The molecule has 3 N–H and O–H groups in total. The van der Waals surface area contributed by atoms with Crippen LogP contribution in [0.25, 0.3) is 0 Å². The van der Waals surface area contributed by atoms with E-state index in [1.807, 2.05) is 0 Å². The lowest BCUT2D eigenvalue weighted by atomic mass is 10.1. The van der Waals surface area contributed by atoms with Crippen LogP contribution in [-0.4, -0.2) is 12.5 Å². The Kier molecular flexibility index (Phi) is 8.17. The Labute approximate surface area is 140 Å². The zero-order valence-corrected chi connectivity index (χ0v) is 14.3. The van der Waals surface area contributed by atoms with Gasteiger partial charge in [0.15, 0.2) is 5.96 Å². The summed E-state index contributed by atoms with van der Waals surface area (Å²) in [5.41, 5.74) is 4.85. The van der Waals surface area contributed by atoms with E-state index in [0.29, 0.717) is 11.0 Å². The lowest BCUT2D eigenvalue weighted by molar-refractivity contribution is -0.138. The van der Waals surface area contributed by atoms with E-state index in [0.717, 1.165) is 6.07 Å². The number of nitrogens with zero attached hydrogens (tertiary/aromatic N) is 1. The third-order valence-electron chi connectivity index (χ3n) is 2.22. The average Bonchev–Trinajstić information content (AvgIpc) is 2.33. The number of hydrogen-bond acceptors (Lipinski definition) is 1. The molecular formula is C12H14BrF3IN3. The molecule has 0 fully saturated rings. The zero-order valence-electron chi connectivity index (χ0n) is 10.4. The minimum Gasteiger partial charge on any atom is -0.370 e. The van der Waals surface area contributed by atoms with Crippen molar-refractivity contribution in [3.63, 3.8) is 0 Å². The van der Waals surface area contributed by atoms with Crippen molar-refractivity contribution in [3.8, 4) is 0 Å². The van der Waals surface area contributed by atoms with Crippen LogP contribution in [0.5, 0.6) is 0 Å². The molecule has 112 valence electrons. The van der Waals surface area contributed by atoms with Gasteiger partial charge in [0.05, 0.1) is 12.1 Å². The molecule has 0 aliphatic rings. The summed E-state index contributed by atoms with van der Waals surface area (Å²) in [6, 6.07) is 3.93. The van der Waals surface area contributed by atoms with Crippen molar-refractivity contribution < 1.29 is 13.2 Å². The fourth-order valence-corrected chi connectivity index (χ4v) is 1.71. The van der Waals surface area contributed by atoms with Crippen molar-refractivity contribution in [1.82, 2.24) is 5.32 Å². The molecule has 0 atom stereocenters. The van der Waals surface area contributed by atoms with Gasteiger partial charge in [0, 0.05) is 11.0 Å². The summed E-state index contributed by atoms with van der Waals surface area (Å²) in [5, 5.41) is 2.69. The number of nitrogens with two attached hydrogens (primary N) is 1. The minimum absolute atomic E-state index is 0. The van der Waals surface area contributed by atoms with Gasteiger partial charge in [0.1, 0.15) is 0 Å². The first-order valence-corrected chi connectivity index (χ1v) is 6.14. The van der Waals surface area contributed by atoms with Crippen molar-refractivity contribution in [2.24, 2.45) is 10.7 Å². The molecule has 0 amide bonds. The molecule has 0 aromatic heterocycles. The highest BCUT2D eigenvalue weighted by atomic mass is 127. The lowest BCUT2D eigenvalue weighted by Gasteiger charge is -2.12. The molecule has 0 heterocycles. The highest BCUT2D eigenvalue weighted by Gasteiger charge is 2.33. The SMILES string of the molecule is C=CCNC(N)=NCc1ccc(Br)cc1C(F)(F)F.I. The van der Waals surface area contributed by atoms with Crippen molar-refractivity contribution in [1.29, 1.82) is 0 Å². The maximum atomic E-state index is 12.8. The molecule has 3 nitrogen and oxygen atoms in total.